The molecular weight excluding hydrogens is 288 g/mol. The molecule has 1 aliphatic rings. The summed E-state index contributed by atoms with van der Waals surface area (Å²) in [5.41, 5.74) is 5.64. The largest absolute Gasteiger partial charge is 0.357 e. The summed E-state index contributed by atoms with van der Waals surface area (Å²) in [5.74, 6) is 0. The fourth-order valence-corrected chi connectivity index (χ4v) is 3.53. The van der Waals surface area contributed by atoms with Gasteiger partial charge in [0.15, 0.2) is 0 Å². The lowest BCUT2D eigenvalue weighted by molar-refractivity contribution is 0.268. The zero-order chi connectivity index (χ0) is 12.9. The van der Waals surface area contributed by atoms with Gasteiger partial charge in [0.25, 0.3) is 0 Å². The molecule has 1 aliphatic carbocycles. The van der Waals surface area contributed by atoms with Crippen LogP contribution in [0, 0.1) is 6.92 Å². The van der Waals surface area contributed by atoms with E-state index in [0.29, 0.717) is 6.04 Å². The molecule has 96 valence electrons. The van der Waals surface area contributed by atoms with Crippen molar-refractivity contribution in [3.05, 3.63) is 33.4 Å². The average Bonchev–Trinajstić information content (AvgIpc) is 2.73. The van der Waals surface area contributed by atoms with Crippen molar-refractivity contribution < 1.29 is 0 Å². The van der Waals surface area contributed by atoms with E-state index in [0.717, 1.165) is 0 Å². The molecule has 0 amide bonds. The predicted molar refractivity (Wildman–Crippen MR) is 80.2 cm³/mol. The van der Waals surface area contributed by atoms with E-state index in [1.165, 1.54) is 51.5 Å². The van der Waals surface area contributed by atoms with Crippen molar-refractivity contribution in [2.24, 2.45) is 0 Å². The fourth-order valence-electron chi connectivity index (χ4n) is 3.10. The molecule has 3 heteroatoms. The van der Waals surface area contributed by atoms with Crippen molar-refractivity contribution in [3.8, 4) is 0 Å². The predicted octanol–water partition coefficient (Wildman–Crippen LogP) is 3.66. The third kappa shape index (κ3) is 1.81. The topological polar surface area (TPSA) is 19.0 Å². The minimum atomic E-state index is 0.676. The van der Waals surface area contributed by atoms with E-state index in [1.54, 1.807) is 0 Å². The monoisotopic (exact) mass is 306 g/mol. The molecule has 2 nitrogen and oxygen atoms in total. The normalized spacial score (nSPS) is 19.5. The van der Waals surface area contributed by atoms with Crippen LogP contribution in [0.5, 0.6) is 0 Å². The number of nitrogens with zero attached hydrogens (tertiary/aromatic N) is 1. The third-order valence-corrected chi connectivity index (χ3v) is 4.86. The van der Waals surface area contributed by atoms with Gasteiger partial charge in [-0.2, -0.15) is 0 Å². The smallest absolute Gasteiger partial charge is 0.0606 e. The zero-order valence-corrected chi connectivity index (χ0v) is 12.8. The first-order valence-electron chi connectivity index (χ1n) is 6.53. The third-order valence-electron chi connectivity index (χ3n) is 4.20. The van der Waals surface area contributed by atoms with Crippen LogP contribution in [0.4, 0.5) is 0 Å². The minimum Gasteiger partial charge on any atom is -0.357 e. The van der Waals surface area contributed by atoms with E-state index in [-0.39, 0.29) is 0 Å². The van der Waals surface area contributed by atoms with E-state index in [9.17, 15) is 0 Å². The summed E-state index contributed by atoms with van der Waals surface area (Å²) < 4.78 is 1.18. The van der Waals surface area contributed by atoms with Crippen molar-refractivity contribution in [2.75, 3.05) is 14.1 Å². The summed E-state index contributed by atoms with van der Waals surface area (Å²) in [7, 11) is 4.38. The number of halogens is 1. The molecule has 2 aromatic rings. The van der Waals surface area contributed by atoms with Crippen LogP contribution in [0.1, 0.15) is 23.2 Å². The van der Waals surface area contributed by atoms with Gasteiger partial charge in [-0.1, -0.05) is 6.07 Å². The highest BCUT2D eigenvalue weighted by molar-refractivity contribution is 9.10. The first kappa shape index (κ1) is 12.2. The van der Waals surface area contributed by atoms with Crippen molar-refractivity contribution in [1.29, 1.82) is 0 Å². The average molecular weight is 307 g/mol. The molecule has 3 rings (SSSR count). The molecule has 0 bridgehead atoms. The number of aryl methyl sites for hydroxylation is 2. The second-order valence-electron chi connectivity index (χ2n) is 5.56. The second kappa shape index (κ2) is 4.39. The van der Waals surface area contributed by atoms with Gasteiger partial charge >= 0.3 is 0 Å². The lowest BCUT2D eigenvalue weighted by Crippen LogP contribution is -2.33. The number of nitrogens with one attached hydrogen (secondary N) is 1. The minimum absolute atomic E-state index is 0.676. The summed E-state index contributed by atoms with van der Waals surface area (Å²) in [5, 5.41) is 1.44. The molecule has 0 aliphatic heterocycles. The van der Waals surface area contributed by atoms with Gasteiger partial charge in [-0.05, 0) is 73.4 Å². The van der Waals surface area contributed by atoms with Crippen LogP contribution in [0.2, 0.25) is 0 Å². The molecule has 1 aromatic carbocycles. The molecule has 0 saturated carbocycles. The van der Waals surface area contributed by atoms with Gasteiger partial charge in [-0.15, -0.1) is 0 Å². The number of aromatic amines is 1. The Morgan fingerprint density at radius 1 is 1.33 bits per heavy atom. The van der Waals surface area contributed by atoms with E-state index in [2.05, 4.69) is 59.0 Å². The number of hydrogen-bond acceptors (Lipinski definition) is 1. The molecule has 1 heterocycles. The Bertz CT molecular complexity index is 598. The molecule has 1 atom stereocenters. The summed E-state index contributed by atoms with van der Waals surface area (Å²) in [6, 6.07) is 5.03. The number of H-pyrrole nitrogens is 1. The number of rotatable bonds is 1. The SMILES string of the molecule is Cc1ccc(Br)c2[nH]c3c(c12)C[C@H](N(C)C)CC3. The van der Waals surface area contributed by atoms with Gasteiger partial charge in [-0.25, -0.2) is 0 Å². The molecule has 18 heavy (non-hydrogen) atoms. The van der Waals surface area contributed by atoms with Crippen LogP contribution in [0.25, 0.3) is 10.9 Å². The second-order valence-corrected chi connectivity index (χ2v) is 6.41. The Morgan fingerprint density at radius 2 is 2.11 bits per heavy atom. The Hall–Kier alpha value is -0.800. The van der Waals surface area contributed by atoms with Crippen molar-refractivity contribution in [2.45, 2.75) is 32.2 Å². The summed E-state index contributed by atoms with van der Waals surface area (Å²) in [4.78, 5) is 5.98. The lowest BCUT2D eigenvalue weighted by atomic mass is 9.90. The quantitative estimate of drug-likeness (QED) is 0.852. The molecular formula is C15H19BrN2. The van der Waals surface area contributed by atoms with Crippen LogP contribution in [-0.4, -0.2) is 30.0 Å². The van der Waals surface area contributed by atoms with E-state index < -0.39 is 0 Å². The molecule has 0 fully saturated rings. The highest BCUT2D eigenvalue weighted by Crippen LogP contribution is 2.35. The molecule has 1 N–H and O–H groups in total. The Morgan fingerprint density at radius 3 is 2.83 bits per heavy atom. The number of hydrogen-bond donors (Lipinski definition) is 1. The van der Waals surface area contributed by atoms with E-state index in [1.807, 2.05) is 0 Å². The maximum Gasteiger partial charge on any atom is 0.0606 e. The summed E-state index contributed by atoms with van der Waals surface area (Å²) in [6.45, 7) is 2.21. The van der Waals surface area contributed by atoms with Crippen molar-refractivity contribution >= 4 is 26.8 Å². The highest BCUT2D eigenvalue weighted by Gasteiger charge is 2.24. The van der Waals surface area contributed by atoms with Gasteiger partial charge < -0.3 is 9.88 Å². The number of likely N-dealkylation sites (N-methyl/N-ethyl adjacent to an activating group) is 1. The highest BCUT2D eigenvalue weighted by atomic mass is 79.9. The van der Waals surface area contributed by atoms with Crippen LogP contribution in [0.3, 0.4) is 0 Å². The van der Waals surface area contributed by atoms with Crippen LogP contribution >= 0.6 is 15.9 Å². The van der Waals surface area contributed by atoms with Crippen molar-refractivity contribution in [1.82, 2.24) is 9.88 Å². The van der Waals surface area contributed by atoms with Gasteiger partial charge in [0, 0.05) is 21.6 Å². The summed E-state index contributed by atoms with van der Waals surface area (Å²) >= 11 is 3.66. The summed E-state index contributed by atoms with van der Waals surface area (Å²) in [6.07, 6.45) is 3.59. The van der Waals surface area contributed by atoms with Gasteiger partial charge in [0.05, 0.1) is 5.52 Å². The van der Waals surface area contributed by atoms with Crippen LogP contribution < -0.4 is 0 Å². The maximum atomic E-state index is 3.66. The molecule has 0 radical (unpaired) electrons. The molecule has 0 saturated heterocycles. The number of benzene rings is 1. The van der Waals surface area contributed by atoms with Gasteiger partial charge in [0.2, 0.25) is 0 Å². The number of fused-ring (bicyclic) bond motifs is 3. The van der Waals surface area contributed by atoms with Crippen LogP contribution in [-0.2, 0) is 12.8 Å². The Kier molecular flexibility index (Phi) is 2.99. The standard InChI is InChI=1S/C15H19BrN2/c1-9-4-6-12(16)15-14(9)11-8-10(18(2)3)5-7-13(11)17-15/h4,6,10,17H,5,7-8H2,1-3H3/t10-/m1/s1. The first-order chi connectivity index (χ1) is 8.58. The Labute approximate surface area is 116 Å². The van der Waals surface area contributed by atoms with Gasteiger partial charge in [-0.3, -0.25) is 0 Å². The Balaban J connectivity index is 2.18. The molecule has 0 spiro atoms. The fraction of sp³-hybridized carbons (Fsp3) is 0.467. The van der Waals surface area contributed by atoms with Gasteiger partial charge in [0.1, 0.15) is 0 Å². The van der Waals surface area contributed by atoms with E-state index in [4.69, 9.17) is 0 Å². The molecule has 0 unspecified atom stereocenters. The zero-order valence-electron chi connectivity index (χ0n) is 11.2. The van der Waals surface area contributed by atoms with E-state index >= 15 is 0 Å². The maximum absolute atomic E-state index is 3.66. The van der Waals surface area contributed by atoms with Crippen LogP contribution in [0.15, 0.2) is 16.6 Å². The van der Waals surface area contributed by atoms with Crippen molar-refractivity contribution in [3.63, 3.8) is 0 Å². The molecule has 1 aromatic heterocycles. The lowest BCUT2D eigenvalue weighted by Gasteiger charge is -2.28. The first-order valence-corrected chi connectivity index (χ1v) is 7.32. The number of aromatic nitrogens is 1.